The van der Waals surface area contributed by atoms with Crippen molar-refractivity contribution in [3.05, 3.63) is 42.2 Å². The molecule has 0 radical (unpaired) electrons. The summed E-state index contributed by atoms with van der Waals surface area (Å²) in [4.78, 5) is 60.6. The summed E-state index contributed by atoms with van der Waals surface area (Å²) in [7, 11) is -2.40. The number of nitrogens with zero attached hydrogens (tertiary/aromatic N) is 2. The van der Waals surface area contributed by atoms with Crippen molar-refractivity contribution in [3.63, 3.8) is 0 Å². The first-order valence-corrected chi connectivity index (χ1v) is 18.7. The molecule has 0 bridgehead atoms. The number of fused-ring (bicyclic) bond motifs is 1. The molecular weight excluding hydrogens is 702 g/mol. The van der Waals surface area contributed by atoms with E-state index in [1.165, 1.54) is 18.1 Å². The van der Waals surface area contributed by atoms with Crippen molar-refractivity contribution in [1.29, 1.82) is 0 Å². The fourth-order valence-electron chi connectivity index (χ4n) is 6.25. The standard InChI is InChI=1S/C35H46ClN5O9S/c1-9-19-15-35(19,31(44)40-51(46,47)21-10-11-21)39-29(42)25-14-20(49-27-23-16-37-17-26(48-8)22(23)12-13-24(27)36)18-41(25)30(43)28(33(2,3)4)38-32(45)50-34(5,6)7/h9,12-13,16-17,19-21,25,28H,1,10-11,14-15,18H2,2-8H3,(H,38,45)(H,39,42)(H,40,44)/t19-,20-,25+,28?,35-/m1/s1. The Morgan fingerprint density at radius 2 is 1.78 bits per heavy atom. The predicted octanol–water partition coefficient (Wildman–Crippen LogP) is 3.85. The number of likely N-dealkylation sites (tertiary alicyclic amines) is 1. The molecule has 3 N–H and O–H groups in total. The monoisotopic (exact) mass is 747 g/mol. The Labute approximate surface area is 303 Å². The number of halogens is 1. The number of carbonyl (C=O) groups is 4. The average Bonchev–Trinajstić information content (AvgIpc) is 3.96. The highest BCUT2D eigenvalue weighted by atomic mass is 35.5. The first-order valence-electron chi connectivity index (χ1n) is 16.8. The number of amides is 4. The van der Waals surface area contributed by atoms with Gasteiger partial charge in [0.1, 0.15) is 40.8 Å². The van der Waals surface area contributed by atoms with Crippen LogP contribution in [0.4, 0.5) is 4.79 Å². The molecule has 3 aliphatic rings. The Morgan fingerprint density at radius 3 is 2.35 bits per heavy atom. The second-order valence-electron chi connectivity index (χ2n) is 15.4. The van der Waals surface area contributed by atoms with Gasteiger partial charge in [-0.15, -0.1) is 6.58 Å². The van der Waals surface area contributed by atoms with E-state index < -0.39 is 79.7 Å². The topological polar surface area (TPSA) is 182 Å². The van der Waals surface area contributed by atoms with E-state index in [0.717, 1.165) is 0 Å². The predicted molar refractivity (Wildman–Crippen MR) is 190 cm³/mol. The van der Waals surface area contributed by atoms with E-state index in [-0.39, 0.29) is 30.2 Å². The molecule has 278 valence electrons. The van der Waals surface area contributed by atoms with E-state index in [9.17, 15) is 27.6 Å². The number of hydrogen-bond donors (Lipinski definition) is 3. The fourth-order valence-corrected chi connectivity index (χ4v) is 7.82. The van der Waals surface area contributed by atoms with Crippen LogP contribution in [-0.2, 0) is 29.1 Å². The van der Waals surface area contributed by atoms with Gasteiger partial charge in [0.05, 0.1) is 30.1 Å². The van der Waals surface area contributed by atoms with Crippen LogP contribution in [0, 0.1) is 11.3 Å². The summed E-state index contributed by atoms with van der Waals surface area (Å²) in [6.07, 6.45) is 4.01. The average molecular weight is 748 g/mol. The molecule has 1 unspecified atom stereocenters. The second-order valence-corrected chi connectivity index (χ2v) is 17.8. The summed E-state index contributed by atoms with van der Waals surface area (Å²) < 4.78 is 44.8. The normalized spacial score (nSPS) is 23.9. The maximum atomic E-state index is 14.5. The summed E-state index contributed by atoms with van der Waals surface area (Å²) in [6.45, 7) is 14.0. The number of nitrogens with one attached hydrogen (secondary N) is 3. The number of alkyl carbamates (subject to hydrolysis) is 1. The minimum absolute atomic E-state index is 0.0260. The van der Waals surface area contributed by atoms with Crippen LogP contribution in [0.1, 0.15) is 67.2 Å². The molecule has 5 rings (SSSR count). The molecule has 2 aromatic rings. The Hall–Kier alpha value is -4.11. The molecule has 2 saturated carbocycles. The Balaban J connectivity index is 1.47. The highest BCUT2D eigenvalue weighted by Gasteiger charge is 2.62. The van der Waals surface area contributed by atoms with Gasteiger partial charge in [0.2, 0.25) is 21.8 Å². The van der Waals surface area contributed by atoms with Gasteiger partial charge in [-0.25, -0.2) is 13.2 Å². The van der Waals surface area contributed by atoms with Crippen LogP contribution in [-0.4, -0.2) is 90.3 Å². The van der Waals surface area contributed by atoms with Gasteiger partial charge in [-0.2, -0.15) is 0 Å². The van der Waals surface area contributed by atoms with Gasteiger partial charge in [0.15, 0.2) is 0 Å². The number of rotatable bonds is 11. The molecule has 14 nitrogen and oxygen atoms in total. The fraction of sp³-hybridized carbons (Fsp3) is 0.571. The lowest BCUT2D eigenvalue weighted by atomic mass is 9.85. The van der Waals surface area contributed by atoms with Crippen LogP contribution < -0.4 is 24.8 Å². The Kier molecular flexibility index (Phi) is 10.3. The third-order valence-electron chi connectivity index (χ3n) is 9.18. The lowest BCUT2D eigenvalue weighted by molar-refractivity contribution is -0.143. The largest absolute Gasteiger partial charge is 0.494 e. The molecule has 2 heterocycles. The van der Waals surface area contributed by atoms with Gasteiger partial charge in [0.25, 0.3) is 5.91 Å². The highest BCUT2D eigenvalue weighted by molar-refractivity contribution is 7.91. The van der Waals surface area contributed by atoms with Crippen LogP contribution >= 0.6 is 11.6 Å². The molecule has 1 aliphatic heterocycles. The highest BCUT2D eigenvalue weighted by Crippen LogP contribution is 2.46. The first-order chi connectivity index (χ1) is 23.7. The molecule has 16 heteroatoms. The van der Waals surface area contributed by atoms with E-state index in [1.54, 1.807) is 66.1 Å². The van der Waals surface area contributed by atoms with Crippen molar-refractivity contribution in [2.24, 2.45) is 11.3 Å². The first kappa shape index (κ1) is 38.1. The maximum Gasteiger partial charge on any atom is 0.408 e. The van der Waals surface area contributed by atoms with Crippen molar-refractivity contribution in [3.8, 4) is 11.5 Å². The van der Waals surface area contributed by atoms with Crippen molar-refractivity contribution < 1.29 is 41.8 Å². The van der Waals surface area contributed by atoms with E-state index in [4.69, 9.17) is 25.8 Å². The van der Waals surface area contributed by atoms with Gasteiger partial charge in [-0.1, -0.05) is 38.4 Å². The Bertz CT molecular complexity index is 1850. The maximum absolute atomic E-state index is 14.5. The van der Waals surface area contributed by atoms with Crippen LogP contribution in [0.25, 0.3) is 10.8 Å². The summed E-state index contributed by atoms with van der Waals surface area (Å²) in [5, 5.41) is 6.29. The number of benzene rings is 1. The molecule has 1 aromatic carbocycles. The molecule has 1 saturated heterocycles. The molecule has 4 amide bonds. The van der Waals surface area contributed by atoms with Gasteiger partial charge in [0, 0.05) is 29.3 Å². The van der Waals surface area contributed by atoms with Crippen LogP contribution in [0.5, 0.6) is 11.5 Å². The smallest absolute Gasteiger partial charge is 0.408 e. The molecule has 2 aliphatic carbocycles. The van der Waals surface area contributed by atoms with E-state index >= 15 is 0 Å². The molecule has 1 aromatic heterocycles. The summed E-state index contributed by atoms with van der Waals surface area (Å²) in [5.41, 5.74) is -3.25. The van der Waals surface area contributed by atoms with E-state index in [0.29, 0.717) is 29.4 Å². The molecular formula is C35H46ClN5O9S. The van der Waals surface area contributed by atoms with Gasteiger partial charge < -0.3 is 29.7 Å². The minimum atomic E-state index is -3.91. The third-order valence-corrected chi connectivity index (χ3v) is 11.3. The van der Waals surface area contributed by atoms with Crippen molar-refractivity contribution >= 4 is 56.2 Å². The van der Waals surface area contributed by atoms with Crippen LogP contribution in [0.15, 0.2) is 37.2 Å². The van der Waals surface area contributed by atoms with Crippen molar-refractivity contribution in [1.82, 2.24) is 25.2 Å². The number of aromatic nitrogens is 1. The van der Waals surface area contributed by atoms with E-state index in [2.05, 4.69) is 26.9 Å². The lowest BCUT2D eigenvalue weighted by Gasteiger charge is -2.36. The van der Waals surface area contributed by atoms with Crippen LogP contribution in [0.2, 0.25) is 5.02 Å². The summed E-state index contributed by atoms with van der Waals surface area (Å²) >= 11 is 6.62. The second kappa shape index (κ2) is 13.8. The van der Waals surface area contributed by atoms with Gasteiger partial charge in [-0.05, 0) is 57.6 Å². The van der Waals surface area contributed by atoms with Crippen molar-refractivity contribution in [2.45, 2.75) is 102 Å². The lowest BCUT2D eigenvalue weighted by Crippen LogP contribution is -2.60. The number of carbonyl (C=O) groups excluding carboxylic acids is 4. The molecule has 51 heavy (non-hydrogen) atoms. The molecule has 0 spiro atoms. The zero-order chi connectivity index (χ0) is 37.7. The summed E-state index contributed by atoms with van der Waals surface area (Å²) in [6, 6.07) is 1.08. The van der Waals surface area contributed by atoms with Crippen molar-refractivity contribution in [2.75, 3.05) is 13.7 Å². The van der Waals surface area contributed by atoms with Crippen LogP contribution in [0.3, 0.4) is 0 Å². The number of hydrogen-bond acceptors (Lipinski definition) is 10. The zero-order valence-corrected chi connectivity index (χ0v) is 31.4. The number of methoxy groups -OCH3 is 1. The van der Waals surface area contributed by atoms with E-state index in [1.807, 2.05) is 0 Å². The zero-order valence-electron chi connectivity index (χ0n) is 29.9. The molecule has 3 fully saturated rings. The quantitative estimate of drug-likeness (QED) is 0.286. The number of pyridine rings is 1. The minimum Gasteiger partial charge on any atom is -0.494 e. The Morgan fingerprint density at radius 1 is 1.10 bits per heavy atom. The SMILES string of the molecule is C=C[C@@H]1C[C@]1(NC(=O)[C@@H]1C[C@@H](Oc2c(Cl)ccc3c(OC)cncc23)CN1C(=O)C(NC(=O)OC(C)(C)C)C(C)(C)C)C(=O)NS(=O)(=O)C1CC1. The van der Waals surface area contributed by atoms with Gasteiger partial charge in [-0.3, -0.25) is 24.1 Å². The number of ether oxygens (including phenoxy) is 3. The number of sulfonamides is 1. The third kappa shape index (κ3) is 8.19. The summed E-state index contributed by atoms with van der Waals surface area (Å²) in [5.74, 6) is -1.92. The van der Waals surface area contributed by atoms with Gasteiger partial charge >= 0.3 is 6.09 Å². The molecule has 5 atom stereocenters.